The van der Waals surface area contributed by atoms with E-state index in [0.29, 0.717) is 23.3 Å². The fourth-order valence-corrected chi connectivity index (χ4v) is 9.35. The number of nitrogens with zero attached hydrogens (tertiary/aromatic N) is 6. The van der Waals surface area contributed by atoms with Crippen molar-refractivity contribution in [1.82, 2.24) is 29.9 Å². The molecular weight excluding hydrogens is 757 g/mol. The lowest BCUT2D eigenvalue weighted by atomic mass is 9.60. The summed E-state index contributed by atoms with van der Waals surface area (Å²) >= 11 is 0. The fraction of sp³-hybridized carbons (Fsp3) is 0.0357. The first kappa shape index (κ1) is 35.7. The van der Waals surface area contributed by atoms with Crippen LogP contribution in [0.4, 0.5) is 0 Å². The third-order valence-corrected chi connectivity index (χ3v) is 12.2. The van der Waals surface area contributed by atoms with E-state index in [1.165, 1.54) is 33.4 Å². The maximum absolute atomic E-state index is 5.26. The highest BCUT2D eigenvalue weighted by molar-refractivity contribution is 5.83. The minimum absolute atomic E-state index is 0.0466. The summed E-state index contributed by atoms with van der Waals surface area (Å²) < 4.78 is 0. The van der Waals surface area contributed by atoms with Gasteiger partial charge in [-0.05, 0) is 63.7 Å². The highest BCUT2D eigenvalue weighted by Gasteiger charge is 2.41. The summed E-state index contributed by atoms with van der Waals surface area (Å²) in [6, 6.07) is 69.7. The van der Waals surface area contributed by atoms with Crippen LogP contribution in [0.3, 0.4) is 0 Å². The van der Waals surface area contributed by atoms with E-state index in [1.807, 2.05) is 103 Å². The average molecular weight is 793 g/mol. The normalized spacial score (nSPS) is 14.5. The average Bonchev–Trinajstić information content (AvgIpc) is 3.36. The van der Waals surface area contributed by atoms with Crippen molar-refractivity contribution in [2.24, 2.45) is 0 Å². The Labute approximate surface area is 359 Å². The highest BCUT2D eigenvalue weighted by atomic mass is 15.0. The molecule has 62 heavy (non-hydrogen) atoms. The molecule has 0 spiro atoms. The van der Waals surface area contributed by atoms with Crippen molar-refractivity contribution >= 4 is 0 Å². The van der Waals surface area contributed by atoms with Crippen LogP contribution in [0.15, 0.2) is 206 Å². The molecule has 0 fully saturated rings. The fourth-order valence-electron chi connectivity index (χ4n) is 9.35. The van der Waals surface area contributed by atoms with Gasteiger partial charge in [0.2, 0.25) is 0 Å². The molecule has 10 aromatic rings. The van der Waals surface area contributed by atoms with Crippen LogP contribution in [0.1, 0.15) is 45.2 Å². The molecular formula is C56H36N6. The largest absolute Gasteiger partial charge is 0.256 e. The zero-order valence-corrected chi connectivity index (χ0v) is 33.5. The van der Waals surface area contributed by atoms with Gasteiger partial charge in [0.15, 0.2) is 23.3 Å². The van der Waals surface area contributed by atoms with Crippen LogP contribution in [0.2, 0.25) is 0 Å². The summed E-state index contributed by atoms with van der Waals surface area (Å²) in [4.78, 5) is 30.3. The predicted octanol–water partition coefficient (Wildman–Crippen LogP) is 12.7. The van der Waals surface area contributed by atoms with E-state index < -0.39 is 0 Å². The van der Waals surface area contributed by atoms with Crippen molar-refractivity contribution in [1.29, 1.82) is 0 Å². The molecule has 7 aromatic carbocycles. The Morgan fingerprint density at radius 2 is 0.677 bits per heavy atom. The molecule has 2 unspecified atom stereocenters. The molecule has 3 aliphatic carbocycles. The van der Waals surface area contributed by atoms with E-state index in [9.17, 15) is 0 Å². The molecule has 0 amide bonds. The number of benzene rings is 7. The van der Waals surface area contributed by atoms with Crippen molar-refractivity contribution in [2.45, 2.75) is 11.8 Å². The molecule has 2 bridgehead atoms. The van der Waals surface area contributed by atoms with Crippen molar-refractivity contribution in [3.8, 4) is 79.3 Å². The molecule has 3 aliphatic rings. The van der Waals surface area contributed by atoms with Gasteiger partial charge in [-0.1, -0.05) is 170 Å². The molecule has 290 valence electrons. The standard InChI is InChI=1S/C56H36N6/c1-4-16-35(17-5-1)53-58-49(34-50(59-53)41-23-11-10-22-40(41)48-26-14-15-31-57-48)38-27-29-44-46(32-38)51-42-24-12-13-25-43(42)52(44)47-33-39(28-30-45(47)51)56-61-54(36-18-6-2-7-19-36)60-55(62-56)37-20-8-3-9-21-37/h1-34,51-52H. The van der Waals surface area contributed by atoms with Gasteiger partial charge in [-0.15, -0.1) is 0 Å². The minimum Gasteiger partial charge on any atom is -0.256 e. The van der Waals surface area contributed by atoms with E-state index in [0.717, 1.165) is 56.0 Å². The molecule has 3 heterocycles. The second-order valence-electron chi connectivity index (χ2n) is 15.8. The first-order chi connectivity index (χ1) is 30.7. The summed E-state index contributed by atoms with van der Waals surface area (Å²) in [5.74, 6) is 2.74. The Bertz CT molecular complexity index is 3240. The monoisotopic (exact) mass is 792 g/mol. The van der Waals surface area contributed by atoms with E-state index in [-0.39, 0.29) is 11.8 Å². The van der Waals surface area contributed by atoms with Gasteiger partial charge in [0.05, 0.1) is 17.1 Å². The lowest BCUT2D eigenvalue weighted by molar-refractivity contribution is 0.754. The predicted molar refractivity (Wildman–Crippen MR) is 246 cm³/mol. The highest BCUT2D eigenvalue weighted by Crippen LogP contribution is 2.56. The third kappa shape index (κ3) is 6.11. The quantitative estimate of drug-likeness (QED) is 0.160. The Morgan fingerprint density at radius 1 is 0.258 bits per heavy atom. The smallest absolute Gasteiger partial charge is 0.164 e. The van der Waals surface area contributed by atoms with Gasteiger partial charge in [0, 0.05) is 57.0 Å². The van der Waals surface area contributed by atoms with Gasteiger partial charge in [-0.3, -0.25) is 4.98 Å². The molecule has 0 radical (unpaired) electrons. The second-order valence-corrected chi connectivity index (χ2v) is 15.8. The summed E-state index contributed by atoms with van der Waals surface area (Å²) in [5.41, 5.74) is 17.4. The van der Waals surface area contributed by atoms with E-state index in [2.05, 4.69) is 103 Å². The van der Waals surface area contributed by atoms with E-state index >= 15 is 0 Å². The lowest BCUT2D eigenvalue weighted by Gasteiger charge is -2.42. The topological polar surface area (TPSA) is 77.3 Å². The Hall–Kier alpha value is -8.22. The molecule has 2 atom stereocenters. The molecule has 13 rings (SSSR count). The Kier molecular flexibility index (Phi) is 8.52. The Balaban J connectivity index is 0.993. The molecule has 3 aromatic heterocycles. The third-order valence-electron chi connectivity index (χ3n) is 12.2. The first-order valence-electron chi connectivity index (χ1n) is 20.9. The van der Waals surface area contributed by atoms with Crippen molar-refractivity contribution in [3.05, 3.63) is 240 Å². The zero-order valence-electron chi connectivity index (χ0n) is 33.5. The van der Waals surface area contributed by atoms with E-state index in [1.54, 1.807) is 0 Å². The molecule has 0 aliphatic heterocycles. The zero-order chi connectivity index (χ0) is 41.0. The van der Waals surface area contributed by atoms with Gasteiger partial charge < -0.3 is 0 Å². The molecule has 0 saturated heterocycles. The maximum Gasteiger partial charge on any atom is 0.164 e. The van der Waals surface area contributed by atoms with Gasteiger partial charge in [-0.2, -0.15) is 0 Å². The number of rotatable bonds is 7. The summed E-state index contributed by atoms with van der Waals surface area (Å²) in [7, 11) is 0. The maximum atomic E-state index is 5.26. The van der Waals surface area contributed by atoms with Gasteiger partial charge in [0.1, 0.15) is 0 Å². The van der Waals surface area contributed by atoms with Crippen LogP contribution < -0.4 is 0 Å². The first-order valence-corrected chi connectivity index (χ1v) is 20.9. The Morgan fingerprint density at radius 3 is 1.23 bits per heavy atom. The van der Waals surface area contributed by atoms with Crippen LogP contribution in [-0.2, 0) is 0 Å². The van der Waals surface area contributed by atoms with Gasteiger partial charge in [0.25, 0.3) is 0 Å². The second kappa shape index (κ2) is 14.8. The number of pyridine rings is 1. The van der Waals surface area contributed by atoms with Crippen LogP contribution in [0, 0.1) is 0 Å². The lowest BCUT2D eigenvalue weighted by Crippen LogP contribution is -2.27. The van der Waals surface area contributed by atoms with Crippen LogP contribution >= 0.6 is 0 Å². The SMILES string of the molecule is c1ccc(-c2nc(-c3ccc4c(c3)C3c5ccccc5C4c4cc(-c5nc(-c6ccccc6)nc(-c6ccccc6)n5)ccc43)cc(-c3ccccc3-c3ccccn3)n2)cc1. The van der Waals surface area contributed by atoms with E-state index in [4.69, 9.17) is 29.9 Å². The van der Waals surface area contributed by atoms with Crippen molar-refractivity contribution in [2.75, 3.05) is 0 Å². The molecule has 6 nitrogen and oxygen atoms in total. The summed E-state index contributed by atoms with van der Waals surface area (Å²) in [6.45, 7) is 0. The van der Waals surface area contributed by atoms with Gasteiger partial charge >= 0.3 is 0 Å². The number of aromatic nitrogens is 6. The number of hydrogen-bond acceptors (Lipinski definition) is 6. The van der Waals surface area contributed by atoms with Crippen molar-refractivity contribution < 1.29 is 0 Å². The summed E-state index contributed by atoms with van der Waals surface area (Å²) in [5, 5.41) is 0. The minimum atomic E-state index is 0.0466. The summed E-state index contributed by atoms with van der Waals surface area (Å²) in [6.07, 6.45) is 1.83. The number of hydrogen-bond donors (Lipinski definition) is 0. The molecule has 0 saturated carbocycles. The molecule has 0 N–H and O–H groups in total. The van der Waals surface area contributed by atoms with Crippen molar-refractivity contribution in [3.63, 3.8) is 0 Å². The van der Waals surface area contributed by atoms with Crippen LogP contribution in [-0.4, -0.2) is 29.9 Å². The van der Waals surface area contributed by atoms with Crippen LogP contribution in [0.25, 0.3) is 79.3 Å². The van der Waals surface area contributed by atoms with Crippen LogP contribution in [0.5, 0.6) is 0 Å². The van der Waals surface area contributed by atoms with Gasteiger partial charge in [-0.25, -0.2) is 24.9 Å². The molecule has 6 heteroatoms.